The summed E-state index contributed by atoms with van der Waals surface area (Å²) in [5.41, 5.74) is -0.317. The van der Waals surface area contributed by atoms with Crippen LogP contribution in [0, 0.1) is 5.82 Å². The zero-order valence-electron chi connectivity index (χ0n) is 13.7. The molecule has 0 unspecified atom stereocenters. The van der Waals surface area contributed by atoms with Crippen LogP contribution in [0.5, 0.6) is 5.75 Å². The van der Waals surface area contributed by atoms with Crippen LogP contribution in [-0.4, -0.2) is 27.3 Å². The first-order chi connectivity index (χ1) is 12.1. The number of benzene rings is 2. The minimum atomic E-state index is -4.31. The molecule has 2 aromatic carbocycles. The average Bonchev–Trinajstić information content (AvgIpc) is 2.56. The van der Waals surface area contributed by atoms with E-state index in [1.165, 1.54) is 32.2 Å². The number of carbonyl (C=O) groups excluding carboxylic acids is 2. The van der Waals surface area contributed by atoms with Crippen LogP contribution in [0.3, 0.4) is 0 Å². The Morgan fingerprint density at radius 1 is 1.15 bits per heavy atom. The molecular formula is C16H14BrFN2O5S. The van der Waals surface area contributed by atoms with E-state index in [1.807, 2.05) is 0 Å². The molecule has 0 atom stereocenters. The molecule has 0 fully saturated rings. The van der Waals surface area contributed by atoms with Crippen LogP contribution in [0.25, 0.3) is 0 Å². The van der Waals surface area contributed by atoms with Gasteiger partial charge in [-0.3, -0.25) is 9.59 Å². The number of carbonyl (C=O) groups is 2. The molecular weight excluding hydrogens is 431 g/mol. The van der Waals surface area contributed by atoms with Gasteiger partial charge in [0.15, 0.2) is 0 Å². The Labute approximate surface area is 157 Å². The molecule has 0 radical (unpaired) electrons. The second-order valence-corrected chi connectivity index (χ2v) is 7.70. The molecule has 2 N–H and O–H groups in total. The second kappa shape index (κ2) is 7.83. The Hall–Kier alpha value is -2.46. The van der Waals surface area contributed by atoms with E-state index in [2.05, 4.69) is 21.2 Å². The quantitative estimate of drug-likeness (QED) is 0.737. The standard InChI is InChI=1S/C16H14BrFN2O5S/c1-9(21)19-14-8-11(4-6-15(14)25-2)26(23,24)20-16(22)12-7-10(17)3-5-13(12)18/h3-8H,1-2H3,(H,19,21)(H,20,22). The normalized spacial score (nSPS) is 10.9. The molecule has 0 heterocycles. The van der Waals surface area contributed by atoms with Crippen molar-refractivity contribution >= 4 is 43.5 Å². The largest absolute Gasteiger partial charge is 0.495 e. The van der Waals surface area contributed by atoms with Gasteiger partial charge in [-0.15, -0.1) is 0 Å². The summed E-state index contributed by atoms with van der Waals surface area (Å²) in [6, 6.07) is 7.22. The topological polar surface area (TPSA) is 102 Å². The monoisotopic (exact) mass is 444 g/mol. The molecule has 2 aromatic rings. The van der Waals surface area contributed by atoms with Crippen LogP contribution in [0.4, 0.5) is 10.1 Å². The van der Waals surface area contributed by atoms with Crippen molar-refractivity contribution in [2.75, 3.05) is 12.4 Å². The summed E-state index contributed by atoms with van der Waals surface area (Å²) in [5, 5.41) is 2.43. The molecule has 0 spiro atoms. The maximum absolute atomic E-state index is 13.8. The number of rotatable bonds is 5. The molecule has 7 nitrogen and oxygen atoms in total. The Kier molecular flexibility index (Phi) is 5.98. The number of hydrogen-bond acceptors (Lipinski definition) is 5. The average molecular weight is 445 g/mol. The third kappa shape index (κ3) is 4.58. The maximum atomic E-state index is 13.8. The van der Waals surface area contributed by atoms with Crippen molar-refractivity contribution in [1.29, 1.82) is 0 Å². The van der Waals surface area contributed by atoms with Gasteiger partial charge in [0.2, 0.25) is 5.91 Å². The number of methoxy groups -OCH3 is 1. The summed E-state index contributed by atoms with van der Waals surface area (Å²) in [5.74, 6) is -2.18. The summed E-state index contributed by atoms with van der Waals surface area (Å²) < 4.78 is 45.9. The molecule has 2 amide bonds. The minimum absolute atomic E-state index is 0.115. The molecule has 0 aliphatic carbocycles. The highest BCUT2D eigenvalue weighted by Gasteiger charge is 2.22. The van der Waals surface area contributed by atoms with Crippen molar-refractivity contribution in [3.8, 4) is 5.75 Å². The summed E-state index contributed by atoms with van der Waals surface area (Å²) in [7, 11) is -2.96. The zero-order chi connectivity index (χ0) is 19.5. The van der Waals surface area contributed by atoms with Crippen LogP contribution in [0.1, 0.15) is 17.3 Å². The highest BCUT2D eigenvalue weighted by molar-refractivity contribution is 9.10. The number of anilines is 1. The van der Waals surface area contributed by atoms with Crippen LogP contribution in [-0.2, 0) is 14.8 Å². The first-order valence-electron chi connectivity index (χ1n) is 7.12. The van der Waals surface area contributed by atoms with Gasteiger partial charge in [0, 0.05) is 11.4 Å². The van der Waals surface area contributed by atoms with Gasteiger partial charge in [-0.1, -0.05) is 15.9 Å². The Balaban J connectivity index is 2.36. The summed E-state index contributed by atoms with van der Waals surface area (Å²) in [6.45, 7) is 1.25. The van der Waals surface area contributed by atoms with Crippen LogP contribution < -0.4 is 14.8 Å². The number of hydrogen-bond donors (Lipinski definition) is 2. The smallest absolute Gasteiger partial charge is 0.268 e. The van der Waals surface area contributed by atoms with Crippen LogP contribution in [0.15, 0.2) is 45.8 Å². The number of amides is 2. The fourth-order valence-electron chi connectivity index (χ4n) is 2.05. The fraction of sp³-hybridized carbons (Fsp3) is 0.125. The third-order valence-corrected chi connectivity index (χ3v) is 5.01. The maximum Gasteiger partial charge on any atom is 0.268 e. The van der Waals surface area contributed by atoms with E-state index in [9.17, 15) is 22.4 Å². The summed E-state index contributed by atoms with van der Waals surface area (Å²) in [6.07, 6.45) is 0. The molecule has 0 aromatic heterocycles. The van der Waals surface area contributed by atoms with Crippen molar-refractivity contribution in [2.45, 2.75) is 11.8 Å². The van der Waals surface area contributed by atoms with Crippen molar-refractivity contribution in [1.82, 2.24) is 4.72 Å². The second-order valence-electron chi connectivity index (χ2n) is 5.10. The van der Waals surface area contributed by atoms with Gasteiger partial charge in [0.05, 0.1) is 23.3 Å². The van der Waals surface area contributed by atoms with Gasteiger partial charge in [-0.2, -0.15) is 0 Å². The fourth-order valence-corrected chi connectivity index (χ4v) is 3.40. The zero-order valence-corrected chi connectivity index (χ0v) is 16.1. The molecule has 0 saturated heterocycles. The highest BCUT2D eigenvalue weighted by atomic mass is 79.9. The lowest BCUT2D eigenvalue weighted by atomic mass is 10.2. The molecule has 0 aliphatic rings. The molecule has 2 rings (SSSR count). The van der Waals surface area contributed by atoms with E-state index in [0.717, 1.165) is 18.2 Å². The lowest BCUT2D eigenvalue weighted by Gasteiger charge is -2.12. The van der Waals surface area contributed by atoms with E-state index in [0.29, 0.717) is 4.47 Å². The predicted molar refractivity (Wildman–Crippen MR) is 96.0 cm³/mol. The Morgan fingerprint density at radius 2 is 1.85 bits per heavy atom. The van der Waals surface area contributed by atoms with Crippen molar-refractivity contribution in [3.63, 3.8) is 0 Å². The van der Waals surface area contributed by atoms with Crippen molar-refractivity contribution < 1.29 is 27.1 Å². The summed E-state index contributed by atoms with van der Waals surface area (Å²) >= 11 is 3.09. The number of halogens is 2. The van der Waals surface area contributed by atoms with E-state index in [-0.39, 0.29) is 16.3 Å². The van der Waals surface area contributed by atoms with E-state index in [4.69, 9.17) is 4.74 Å². The van der Waals surface area contributed by atoms with Crippen molar-refractivity contribution in [3.05, 3.63) is 52.3 Å². The van der Waals surface area contributed by atoms with Crippen LogP contribution in [0.2, 0.25) is 0 Å². The SMILES string of the molecule is COc1ccc(S(=O)(=O)NC(=O)c2cc(Br)ccc2F)cc1NC(C)=O. The van der Waals surface area contributed by atoms with Gasteiger partial charge < -0.3 is 10.1 Å². The molecule has 0 aliphatic heterocycles. The molecule has 0 saturated carbocycles. The lowest BCUT2D eigenvalue weighted by Crippen LogP contribution is -2.31. The van der Waals surface area contributed by atoms with Gasteiger partial charge in [0.1, 0.15) is 11.6 Å². The first-order valence-corrected chi connectivity index (χ1v) is 9.39. The Bertz CT molecular complexity index is 979. The molecule has 0 bridgehead atoms. The van der Waals surface area contributed by atoms with E-state index < -0.39 is 33.2 Å². The number of nitrogens with one attached hydrogen (secondary N) is 2. The van der Waals surface area contributed by atoms with Crippen molar-refractivity contribution in [2.24, 2.45) is 0 Å². The van der Waals surface area contributed by atoms with E-state index >= 15 is 0 Å². The minimum Gasteiger partial charge on any atom is -0.495 e. The van der Waals surface area contributed by atoms with Crippen LogP contribution >= 0.6 is 15.9 Å². The predicted octanol–water partition coefficient (Wildman–Crippen LogP) is 2.67. The van der Waals surface area contributed by atoms with E-state index in [1.54, 1.807) is 4.72 Å². The molecule has 10 heteroatoms. The molecule has 26 heavy (non-hydrogen) atoms. The van der Waals surface area contributed by atoms with Gasteiger partial charge in [-0.05, 0) is 36.4 Å². The van der Waals surface area contributed by atoms with Gasteiger partial charge >= 0.3 is 0 Å². The number of ether oxygens (including phenoxy) is 1. The third-order valence-electron chi connectivity index (χ3n) is 3.19. The van der Waals surface area contributed by atoms with Gasteiger partial charge in [-0.25, -0.2) is 17.5 Å². The Morgan fingerprint density at radius 3 is 2.46 bits per heavy atom. The number of sulfonamides is 1. The lowest BCUT2D eigenvalue weighted by molar-refractivity contribution is -0.114. The summed E-state index contributed by atoms with van der Waals surface area (Å²) in [4.78, 5) is 23.1. The first kappa shape index (κ1) is 19.9. The highest BCUT2D eigenvalue weighted by Crippen LogP contribution is 2.27. The molecule has 138 valence electrons. The van der Waals surface area contributed by atoms with Gasteiger partial charge in [0.25, 0.3) is 15.9 Å².